The second-order valence-electron chi connectivity index (χ2n) is 5.87. The van der Waals surface area contributed by atoms with Crippen LogP contribution in [0.3, 0.4) is 0 Å². The number of carboxylic acids is 1. The first-order valence-corrected chi connectivity index (χ1v) is 8.46. The molecule has 0 saturated carbocycles. The van der Waals surface area contributed by atoms with E-state index < -0.39 is 23.8 Å². The number of aryl methyl sites for hydroxylation is 1. The van der Waals surface area contributed by atoms with Gasteiger partial charge in [0.2, 0.25) is 5.91 Å². The molecule has 0 radical (unpaired) electrons. The molecule has 1 aliphatic rings. The zero-order chi connectivity index (χ0) is 19.0. The van der Waals surface area contributed by atoms with Gasteiger partial charge in [-0.1, -0.05) is 35.3 Å². The van der Waals surface area contributed by atoms with E-state index in [1.165, 1.54) is 12.1 Å². The van der Waals surface area contributed by atoms with Crippen molar-refractivity contribution in [2.75, 3.05) is 10.2 Å². The summed E-state index contributed by atoms with van der Waals surface area (Å²) >= 11 is 12.2. The summed E-state index contributed by atoms with van der Waals surface area (Å²) in [5.74, 6) is -2.05. The summed E-state index contributed by atoms with van der Waals surface area (Å²) < 4.78 is 0. The Morgan fingerprint density at radius 3 is 2.46 bits per heavy atom. The van der Waals surface area contributed by atoms with Crippen LogP contribution in [0.25, 0.3) is 0 Å². The molecule has 2 amide bonds. The van der Waals surface area contributed by atoms with Crippen molar-refractivity contribution >= 4 is 52.4 Å². The molecular weight excluding hydrogens is 379 g/mol. The molecule has 8 heteroatoms. The van der Waals surface area contributed by atoms with E-state index in [-0.39, 0.29) is 17.7 Å². The number of hydrogen-bond acceptors (Lipinski definition) is 4. The average molecular weight is 393 g/mol. The fourth-order valence-electron chi connectivity index (χ4n) is 2.79. The van der Waals surface area contributed by atoms with Gasteiger partial charge in [0.1, 0.15) is 6.04 Å². The molecule has 0 aromatic heterocycles. The van der Waals surface area contributed by atoms with Crippen molar-refractivity contribution in [2.24, 2.45) is 0 Å². The first kappa shape index (κ1) is 18.2. The molecule has 2 aromatic carbocycles. The van der Waals surface area contributed by atoms with E-state index in [0.29, 0.717) is 21.3 Å². The second-order valence-corrected chi connectivity index (χ2v) is 6.69. The molecule has 0 bridgehead atoms. The van der Waals surface area contributed by atoms with Crippen LogP contribution in [0.15, 0.2) is 36.4 Å². The van der Waals surface area contributed by atoms with Crippen LogP contribution < -0.4 is 10.2 Å². The lowest BCUT2D eigenvalue weighted by atomic mass is 10.1. The van der Waals surface area contributed by atoms with E-state index in [1.54, 1.807) is 31.2 Å². The third kappa shape index (κ3) is 3.25. The highest BCUT2D eigenvalue weighted by Gasteiger charge is 2.40. The van der Waals surface area contributed by atoms with Crippen molar-refractivity contribution in [2.45, 2.75) is 19.4 Å². The van der Waals surface area contributed by atoms with E-state index in [4.69, 9.17) is 28.3 Å². The molecule has 2 N–H and O–H groups in total. The Bertz CT molecular complexity index is 909. The van der Waals surface area contributed by atoms with Gasteiger partial charge in [-0.2, -0.15) is 0 Å². The first-order valence-electron chi connectivity index (χ1n) is 7.71. The second kappa shape index (κ2) is 6.97. The summed E-state index contributed by atoms with van der Waals surface area (Å²) in [5.41, 5.74) is 1.25. The Balaban J connectivity index is 1.93. The fourth-order valence-corrected chi connectivity index (χ4v) is 3.30. The molecule has 2 aromatic rings. The molecule has 134 valence electrons. The number of nitrogens with zero attached hydrogens (tertiary/aromatic N) is 1. The lowest BCUT2D eigenvalue weighted by Crippen LogP contribution is -2.35. The number of hydrogen-bond donors (Lipinski definition) is 2. The highest BCUT2D eigenvalue weighted by atomic mass is 35.5. The molecule has 6 nitrogen and oxygen atoms in total. The van der Waals surface area contributed by atoms with Crippen LogP contribution in [0.5, 0.6) is 0 Å². The minimum atomic E-state index is -1.14. The molecule has 1 aliphatic heterocycles. The predicted molar refractivity (Wildman–Crippen MR) is 99.1 cm³/mol. The van der Waals surface area contributed by atoms with Gasteiger partial charge < -0.3 is 10.4 Å². The predicted octanol–water partition coefficient (Wildman–Crippen LogP) is 3.74. The third-order valence-corrected chi connectivity index (χ3v) is 4.75. The molecule has 1 heterocycles. The Morgan fingerprint density at radius 1 is 1.19 bits per heavy atom. The SMILES string of the molecule is Cc1ccc(C(=O)O)cc1N1C(=O)CC(Nc2c(Cl)cccc2Cl)C1=O. The summed E-state index contributed by atoms with van der Waals surface area (Å²) in [4.78, 5) is 37.4. The van der Waals surface area contributed by atoms with Crippen LogP contribution in [0.2, 0.25) is 10.0 Å². The highest BCUT2D eigenvalue weighted by molar-refractivity contribution is 6.39. The van der Waals surface area contributed by atoms with Crippen molar-refractivity contribution in [3.05, 3.63) is 57.6 Å². The van der Waals surface area contributed by atoms with Crippen LogP contribution in [-0.2, 0) is 9.59 Å². The quantitative estimate of drug-likeness (QED) is 0.773. The summed E-state index contributed by atoms with van der Waals surface area (Å²) in [6.07, 6.45) is -0.0862. The molecular formula is C18H14Cl2N2O4. The van der Waals surface area contributed by atoms with E-state index in [9.17, 15) is 14.4 Å². The normalized spacial score (nSPS) is 16.9. The van der Waals surface area contributed by atoms with Crippen LogP contribution in [0, 0.1) is 6.92 Å². The molecule has 3 rings (SSSR count). The van der Waals surface area contributed by atoms with Crippen molar-refractivity contribution < 1.29 is 19.5 Å². The Labute approximate surface area is 159 Å². The molecule has 1 atom stereocenters. The van der Waals surface area contributed by atoms with Gasteiger partial charge in [-0.3, -0.25) is 9.59 Å². The van der Waals surface area contributed by atoms with Gasteiger partial charge >= 0.3 is 5.97 Å². The number of carbonyl (C=O) groups is 3. The largest absolute Gasteiger partial charge is 0.478 e. The van der Waals surface area contributed by atoms with E-state index in [0.717, 1.165) is 4.90 Å². The van der Waals surface area contributed by atoms with Crippen LogP contribution in [0.4, 0.5) is 11.4 Å². The molecule has 0 aliphatic carbocycles. The van der Waals surface area contributed by atoms with Crippen LogP contribution in [0.1, 0.15) is 22.3 Å². The Morgan fingerprint density at radius 2 is 1.85 bits per heavy atom. The number of amides is 2. The summed E-state index contributed by atoms with van der Waals surface area (Å²) in [7, 11) is 0. The molecule has 1 fully saturated rings. The standard InChI is InChI=1S/C18H14Cl2N2O4/c1-9-5-6-10(18(25)26)7-14(9)22-15(23)8-13(17(22)24)21-16-11(19)3-2-4-12(16)20/h2-7,13,21H,8H2,1H3,(H,25,26). The van der Waals surface area contributed by atoms with Crippen LogP contribution >= 0.6 is 23.2 Å². The maximum atomic E-state index is 12.8. The van der Waals surface area contributed by atoms with Crippen LogP contribution in [-0.4, -0.2) is 28.9 Å². The van der Waals surface area contributed by atoms with Gasteiger partial charge in [-0.05, 0) is 36.8 Å². The summed E-state index contributed by atoms with van der Waals surface area (Å²) in [5, 5.41) is 12.7. The van der Waals surface area contributed by atoms with E-state index >= 15 is 0 Å². The third-order valence-electron chi connectivity index (χ3n) is 4.12. The lowest BCUT2D eigenvalue weighted by molar-refractivity contribution is -0.121. The number of rotatable bonds is 4. The first-order chi connectivity index (χ1) is 12.3. The molecule has 0 spiro atoms. The van der Waals surface area contributed by atoms with Gasteiger partial charge in [-0.15, -0.1) is 0 Å². The number of para-hydroxylation sites is 1. The lowest BCUT2D eigenvalue weighted by Gasteiger charge is -2.19. The minimum absolute atomic E-state index is 0.00300. The maximum Gasteiger partial charge on any atom is 0.335 e. The van der Waals surface area contributed by atoms with Gasteiger partial charge in [0, 0.05) is 0 Å². The van der Waals surface area contributed by atoms with Crippen molar-refractivity contribution in [1.29, 1.82) is 0 Å². The average Bonchev–Trinajstić information content (AvgIpc) is 2.85. The van der Waals surface area contributed by atoms with Gasteiger partial charge in [0.25, 0.3) is 5.91 Å². The Hall–Kier alpha value is -2.57. The molecule has 1 saturated heterocycles. The number of carboxylic acid groups (broad SMARTS) is 1. The fraction of sp³-hybridized carbons (Fsp3) is 0.167. The van der Waals surface area contributed by atoms with Gasteiger partial charge in [0.15, 0.2) is 0 Å². The smallest absolute Gasteiger partial charge is 0.335 e. The summed E-state index contributed by atoms with van der Waals surface area (Å²) in [6, 6.07) is 8.37. The monoisotopic (exact) mass is 392 g/mol. The highest BCUT2D eigenvalue weighted by Crippen LogP contribution is 2.33. The van der Waals surface area contributed by atoms with Crippen molar-refractivity contribution in [3.63, 3.8) is 0 Å². The molecule has 26 heavy (non-hydrogen) atoms. The number of imide groups is 1. The number of nitrogens with one attached hydrogen (secondary N) is 1. The number of anilines is 2. The topological polar surface area (TPSA) is 86.7 Å². The zero-order valence-corrected chi connectivity index (χ0v) is 15.1. The van der Waals surface area contributed by atoms with E-state index in [1.807, 2.05) is 0 Å². The zero-order valence-electron chi connectivity index (χ0n) is 13.6. The number of benzene rings is 2. The van der Waals surface area contributed by atoms with Crippen molar-refractivity contribution in [1.82, 2.24) is 0 Å². The number of halogens is 2. The van der Waals surface area contributed by atoms with Gasteiger partial charge in [0.05, 0.1) is 33.4 Å². The maximum absolute atomic E-state index is 12.8. The van der Waals surface area contributed by atoms with Crippen molar-refractivity contribution in [3.8, 4) is 0 Å². The van der Waals surface area contributed by atoms with E-state index in [2.05, 4.69) is 5.32 Å². The van der Waals surface area contributed by atoms with Gasteiger partial charge in [-0.25, -0.2) is 9.69 Å². The number of carbonyl (C=O) groups excluding carboxylic acids is 2. The minimum Gasteiger partial charge on any atom is -0.478 e. The molecule has 1 unspecified atom stereocenters. The summed E-state index contributed by atoms with van der Waals surface area (Å²) in [6.45, 7) is 1.70. The Kier molecular flexibility index (Phi) is 4.89. The number of aromatic carboxylic acids is 1.